The molecule has 2 unspecified atom stereocenters. The number of hydrogen-bond donors (Lipinski definition) is 1. The van der Waals surface area contributed by atoms with Crippen LogP contribution in [0.15, 0.2) is 12.1 Å². The van der Waals surface area contributed by atoms with Gasteiger partial charge in [-0.1, -0.05) is 18.5 Å². The van der Waals surface area contributed by atoms with E-state index in [1.54, 1.807) is 11.3 Å². The summed E-state index contributed by atoms with van der Waals surface area (Å²) in [6.45, 7) is 4.26. The van der Waals surface area contributed by atoms with Crippen LogP contribution in [0.3, 0.4) is 0 Å². The Morgan fingerprint density at radius 3 is 2.67 bits per heavy atom. The summed E-state index contributed by atoms with van der Waals surface area (Å²) in [6, 6.07) is 3.95. The average molecular weight is 330 g/mol. The molecule has 2 heterocycles. The van der Waals surface area contributed by atoms with E-state index in [4.69, 9.17) is 17.3 Å². The van der Waals surface area contributed by atoms with Gasteiger partial charge in [0.25, 0.3) is 0 Å². The minimum atomic E-state index is -0.00362. The van der Waals surface area contributed by atoms with Crippen molar-refractivity contribution in [2.75, 3.05) is 26.7 Å². The molecule has 6 heteroatoms. The molecule has 1 aromatic heterocycles. The molecule has 0 aromatic carbocycles. The second-order valence-electron chi connectivity index (χ2n) is 5.66. The van der Waals surface area contributed by atoms with Gasteiger partial charge in [-0.05, 0) is 38.4 Å². The second-order valence-corrected chi connectivity index (χ2v) is 7.41. The molecule has 1 aliphatic heterocycles. The summed E-state index contributed by atoms with van der Waals surface area (Å²) in [4.78, 5) is 17.5. The fraction of sp³-hybridized carbons (Fsp3) is 0.667. The van der Waals surface area contributed by atoms with Crippen LogP contribution in [0.5, 0.6) is 0 Å². The number of amides is 1. The van der Waals surface area contributed by atoms with Crippen molar-refractivity contribution in [2.24, 2.45) is 5.73 Å². The third kappa shape index (κ3) is 4.19. The van der Waals surface area contributed by atoms with E-state index in [0.717, 1.165) is 41.6 Å². The number of nitrogens with zero attached hydrogens (tertiary/aromatic N) is 2. The predicted molar refractivity (Wildman–Crippen MR) is 88.8 cm³/mol. The summed E-state index contributed by atoms with van der Waals surface area (Å²) in [5, 5.41) is 0. The van der Waals surface area contributed by atoms with Crippen molar-refractivity contribution in [3.63, 3.8) is 0 Å². The molecule has 1 aliphatic rings. The number of likely N-dealkylation sites (N-methyl/N-ethyl adjacent to an activating group) is 1. The number of likely N-dealkylation sites (tertiary alicyclic amines) is 1. The smallest absolute Gasteiger partial charge is 0.236 e. The highest BCUT2D eigenvalue weighted by molar-refractivity contribution is 7.16. The molecule has 2 atom stereocenters. The summed E-state index contributed by atoms with van der Waals surface area (Å²) in [5.41, 5.74) is 6.29. The highest BCUT2D eigenvalue weighted by Gasteiger charge is 2.28. The molecule has 1 aromatic rings. The third-order valence-corrected chi connectivity index (χ3v) is 5.38. The van der Waals surface area contributed by atoms with E-state index >= 15 is 0 Å². The molecule has 21 heavy (non-hydrogen) atoms. The lowest BCUT2D eigenvalue weighted by Crippen LogP contribution is -2.44. The summed E-state index contributed by atoms with van der Waals surface area (Å²) < 4.78 is 0.762. The molecule has 1 amide bonds. The van der Waals surface area contributed by atoms with Crippen LogP contribution in [0.2, 0.25) is 4.34 Å². The summed E-state index contributed by atoms with van der Waals surface area (Å²) in [6.07, 6.45) is 3.10. The van der Waals surface area contributed by atoms with Crippen LogP contribution < -0.4 is 5.73 Å². The summed E-state index contributed by atoms with van der Waals surface area (Å²) in [7, 11) is 1.97. The van der Waals surface area contributed by atoms with Crippen LogP contribution in [-0.4, -0.2) is 48.4 Å². The Labute approximate surface area is 135 Å². The number of thiophene rings is 1. The van der Waals surface area contributed by atoms with Gasteiger partial charge in [0, 0.05) is 24.0 Å². The Morgan fingerprint density at radius 2 is 2.14 bits per heavy atom. The first-order valence-corrected chi connectivity index (χ1v) is 8.71. The van der Waals surface area contributed by atoms with Crippen molar-refractivity contribution in [1.82, 2.24) is 9.80 Å². The predicted octanol–water partition coefficient (Wildman–Crippen LogP) is 2.73. The van der Waals surface area contributed by atoms with E-state index in [2.05, 4.69) is 11.8 Å². The van der Waals surface area contributed by atoms with E-state index in [-0.39, 0.29) is 18.0 Å². The molecular weight excluding hydrogens is 306 g/mol. The fourth-order valence-corrected chi connectivity index (χ4v) is 4.15. The average Bonchev–Trinajstić information content (AvgIpc) is 3.10. The van der Waals surface area contributed by atoms with Gasteiger partial charge in [-0.25, -0.2) is 0 Å². The van der Waals surface area contributed by atoms with Crippen molar-refractivity contribution in [3.8, 4) is 0 Å². The molecular formula is C15H24ClN3OS. The zero-order chi connectivity index (χ0) is 15.4. The molecule has 0 radical (unpaired) electrons. The number of rotatable bonds is 6. The lowest BCUT2D eigenvalue weighted by molar-refractivity contribution is -0.131. The van der Waals surface area contributed by atoms with Crippen LogP contribution in [0, 0.1) is 0 Å². The molecule has 2 rings (SSSR count). The highest BCUT2D eigenvalue weighted by atomic mass is 35.5. The highest BCUT2D eigenvalue weighted by Crippen LogP contribution is 2.32. The van der Waals surface area contributed by atoms with Gasteiger partial charge in [0.2, 0.25) is 5.91 Å². The van der Waals surface area contributed by atoms with Gasteiger partial charge in [0.1, 0.15) is 0 Å². The van der Waals surface area contributed by atoms with E-state index in [0.29, 0.717) is 6.54 Å². The van der Waals surface area contributed by atoms with Gasteiger partial charge >= 0.3 is 0 Å². The maximum absolute atomic E-state index is 12.3. The van der Waals surface area contributed by atoms with Crippen LogP contribution >= 0.6 is 22.9 Å². The maximum atomic E-state index is 12.3. The number of carbonyl (C=O) groups excluding carboxylic acids is 1. The summed E-state index contributed by atoms with van der Waals surface area (Å²) >= 11 is 7.60. The van der Waals surface area contributed by atoms with Gasteiger partial charge < -0.3 is 10.6 Å². The quantitative estimate of drug-likeness (QED) is 0.873. The van der Waals surface area contributed by atoms with E-state index < -0.39 is 0 Å². The molecule has 1 saturated heterocycles. The van der Waals surface area contributed by atoms with Crippen LogP contribution in [0.25, 0.3) is 0 Å². The van der Waals surface area contributed by atoms with Crippen molar-refractivity contribution in [2.45, 2.75) is 38.3 Å². The van der Waals surface area contributed by atoms with Gasteiger partial charge in [0.05, 0.1) is 16.9 Å². The second kappa shape index (κ2) is 7.58. The standard InChI is InChI=1S/C15H24ClN3OS/c1-3-11(17)15(12-6-7-13(16)21-12)18(2)10-14(20)19-8-4-5-9-19/h6-7,11,15H,3-5,8-10,17H2,1-2H3. The third-order valence-electron chi connectivity index (χ3n) is 4.08. The maximum Gasteiger partial charge on any atom is 0.236 e. The first kappa shape index (κ1) is 16.7. The molecule has 0 bridgehead atoms. The SMILES string of the molecule is CCC(N)C(c1ccc(Cl)s1)N(C)CC(=O)N1CCCC1. The topological polar surface area (TPSA) is 49.6 Å². The Kier molecular flexibility index (Phi) is 6.05. The van der Waals surface area contributed by atoms with Gasteiger partial charge in [-0.15, -0.1) is 11.3 Å². The fourth-order valence-electron chi connectivity index (χ4n) is 2.84. The van der Waals surface area contributed by atoms with Crippen molar-refractivity contribution in [3.05, 3.63) is 21.3 Å². The normalized spacial score (nSPS) is 18.2. The Morgan fingerprint density at radius 1 is 1.48 bits per heavy atom. The van der Waals surface area contributed by atoms with Crippen molar-refractivity contribution >= 4 is 28.8 Å². The molecule has 1 fully saturated rings. The van der Waals surface area contributed by atoms with Gasteiger partial charge in [-0.3, -0.25) is 9.69 Å². The zero-order valence-electron chi connectivity index (χ0n) is 12.7. The largest absolute Gasteiger partial charge is 0.342 e. The van der Waals surface area contributed by atoms with E-state index in [1.807, 2.05) is 24.1 Å². The first-order valence-electron chi connectivity index (χ1n) is 7.51. The van der Waals surface area contributed by atoms with E-state index in [1.165, 1.54) is 0 Å². The molecule has 0 aliphatic carbocycles. The van der Waals surface area contributed by atoms with Gasteiger partial charge in [0.15, 0.2) is 0 Å². The lowest BCUT2D eigenvalue weighted by atomic mass is 10.0. The Hall–Kier alpha value is -0.620. The minimum Gasteiger partial charge on any atom is -0.342 e. The molecule has 2 N–H and O–H groups in total. The van der Waals surface area contributed by atoms with Crippen LogP contribution in [0.4, 0.5) is 0 Å². The monoisotopic (exact) mass is 329 g/mol. The number of halogens is 1. The first-order chi connectivity index (χ1) is 10.0. The Bertz CT molecular complexity index is 473. The Balaban J connectivity index is 2.07. The van der Waals surface area contributed by atoms with E-state index in [9.17, 15) is 4.79 Å². The van der Waals surface area contributed by atoms with Crippen LogP contribution in [0.1, 0.15) is 37.1 Å². The minimum absolute atomic E-state index is 0.00362. The number of carbonyl (C=O) groups is 1. The lowest BCUT2D eigenvalue weighted by Gasteiger charge is -2.32. The number of hydrogen-bond acceptors (Lipinski definition) is 4. The molecule has 0 spiro atoms. The van der Waals surface area contributed by atoms with Gasteiger partial charge in [-0.2, -0.15) is 0 Å². The van der Waals surface area contributed by atoms with Crippen LogP contribution in [-0.2, 0) is 4.79 Å². The molecule has 118 valence electrons. The zero-order valence-corrected chi connectivity index (χ0v) is 14.3. The molecule has 4 nitrogen and oxygen atoms in total. The van der Waals surface area contributed by atoms with Crippen molar-refractivity contribution < 1.29 is 4.79 Å². The number of nitrogens with two attached hydrogens (primary N) is 1. The summed E-state index contributed by atoms with van der Waals surface area (Å²) in [5.74, 6) is 0.200. The molecule has 0 saturated carbocycles. The van der Waals surface area contributed by atoms with Crippen molar-refractivity contribution in [1.29, 1.82) is 0 Å².